The molecule has 4 nitrogen and oxygen atoms in total. The number of hydrogen-bond donors (Lipinski definition) is 1. The Morgan fingerprint density at radius 1 is 0.852 bits per heavy atom. The van der Waals surface area contributed by atoms with Gasteiger partial charge in [0, 0.05) is 25.7 Å². The molecule has 0 amide bonds. The van der Waals surface area contributed by atoms with Crippen LogP contribution in [0.4, 0.5) is 0 Å². The van der Waals surface area contributed by atoms with Gasteiger partial charge < -0.3 is 27.2 Å². The highest BCUT2D eigenvalue weighted by Crippen LogP contribution is 2.28. The molecule has 3 aromatic rings. The number of nitrogens with zero attached hydrogens (tertiary/aromatic N) is 1. The second-order valence-electron chi connectivity index (χ2n) is 5.99. The van der Waals surface area contributed by atoms with Gasteiger partial charge >= 0.3 is 0 Å². The third-order valence-electron chi connectivity index (χ3n) is 4.08. The van der Waals surface area contributed by atoms with Gasteiger partial charge in [0.1, 0.15) is 0 Å². The van der Waals surface area contributed by atoms with E-state index in [9.17, 15) is 0 Å². The van der Waals surface area contributed by atoms with E-state index >= 15 is 0 Å². The maximum absolute atomic E-state index is 5.91. The molecule has 0 aliphatic heterocycles. The van der Waals surface area contributed by atoms with Gasteiger partial charge in [-0.05, 0) is 35.4 Å². The highest BCUT2D eigenvalue weighted by atomic mass is 35.5. The predicted molar refractivity (Wildman–Crippen MR) is 103 cm³/mol. The number of rotatable bonds is 9. The summed E-state index contributed by atoms with van der Waals surface area (Å²) in [7, 11) is 1.67. The molecule has 2 aromatic carbocycles. The molecule has 27 heavy (non-hydrogen) atoms. The monoisotopic (exact) mass is 383 g/mol. The molecule has 1 heterocycles. The van der Waals surface area contributed by atoms with Crippen LogP contribution in [0, 0.1) is 0 Å². The molecule has 0 saturated carbocycles. The summed E-state index contributed by atoms with van der Waals surface area (Å²) in [4.78, 5) is 4.31. The molecule has 5 heteroatoms. The molecule has 0 fully saturated rings. The first-order valence-electron chi connectivity index (χ1n) is 8.79. The van der Waals surface area contributed by atoms with Gasteiger partial charge in [-0.1, -0.05) is 42.5 Å². The van der Waals surface area contributed by atoms with Crippen molar-refractivity contribution in [3.05, 3.63) is 89.7 Å². The Balaban J connectivity index is 0.00000261. The second-order valence-corrected chi connectivity index (χ2v) is 5.99. The molecular formula is C22H24ClN2O2-. The average molecular weight is 384 g/mol. The van der Waals surface area contributed by atoms with Crippen molar-refractivity contribution >= 4 is 0 Å². The number of benzene rings is 2. The zero-order valence-electron chi connectivity index (χ0n) is 15.4. The number of nitrogens with one attached hydrogen (secondary N) is 1. The molecule has 0 aliphatic carbocycles. The maximum Gasteiger partial charge on any atom is 0.161 e. The zero-order chi connectivity index (χ0) is 18.0. The molecule has 3 rings (SSSR count). The van der Waals surface area contributed by atoms with Crippen LogP contribution in [0.25, 0.3) is 0 Å². The molecule has 1 aromatic heterocycles. The number of aromatic nitrogens is 1. The summed E-state index contributed by atoms with van der Waals surface area (Å²) < 4.78 is 11.4. The van der Waals surface area contributed by atoms with E-state index < -0.39 is 0 Å². The van der Waals surface area contributed by atoms with Crippen LogP contribution in [0.5, 0.6) is 11.5 Å². The first kappa shape index (κ1) is 20.7. The van der Waals surface area contributed by atoms with Crippen LogP contribution in [0.2, 0.25) is 0 Å². The van der Waals surface area contributed by atoms with E-state index in [1.165, 1.54) is 5.56 Å². The van der Waals surface area contributed by atoms with Gasteiger partial charge in [-0.15, -0.1) is 0 Å². The lowest BCUT2D eigenvalue weighted by molar-refractivity contribution is -0.00000606. The van der Waals surface area contributed by atoms with Gasteiger partial charge in [0.25, 0.3) is 0 Å². The van der Waals surface area contributed by atoms with Gasteiger partial charge in [0.05, 0.1) is 19.4 Å². The van der Waals surface area contributed by atoms with Crippen LogP contribution in [0.15, 0.2) is 72.9 Å². The maximum atomic E-state index is 5.91. The Morgan fingerprint density at radius 2 is 1.67 bits per heavy atom. The number of pyridine rings is 1. The summed E-state index contributed by atoms with van der Waals surface area (Å²) in [6, 6.07) is 22.3. The molecule has 142 valence electrons. The second kappa shape index (κ2) is 11.2. The van der Waals surface area contributed by atoms with E-state index in [4.69, 9.17) is 9.47 Å². The highest BCUT2D eigenvalue weighted by molar-refractivity contribution is 5.43. The van der Waals surface area contributed by atoms with Crippen LogP contribution in [-0.2, 0) is 19.5 Å². The van der Waals surface area contributed by atoms with Crippen LogP contribution < -0.4 is 27.2 Å². The average Bonchev–Trinajstić information content (AvgIpc) is 2.70. The van der Waals surface area contributed by atoms with Gasteiger partial charge in [0.15, 0.2) is 11.5 Å². The Bertz CT molecular complexity index is 798. The summed E-state index contributed by atoms with van der Waals surface area (Å²) in [6.07, 6.45) is 2.68. The largest absolute Gasteiger partial charge is 1.00 e. The van der Waals surface area contributed by atoms with E-state index in [0.717, 1.165) is 42.3 Å². The minimum Gasteiger partial charge on any atom is -1.00 e. The smallest absolute Gasteiger partial charge is 0.161 e. The van der Waals surface area contributed by atoms with Crippen LogP contribution in [-0.4, -0.2) is 18.7 Å². The fraction of sp³-hybridized carbons (Fsp3) is 0.227. The number of methoxy groups -OCH3 is 1. The molecule has 1 N–H and O–H groups in total. The van der Waals surface area contributed by atoms with Crippen LogP contribution in [0.3, 0.4) is 0 Å². The van der Waals surface area contributed by atoms with Gasteiger partial charge in [-0.2, -0.15) is 0 Å². The minimum absolute atomic E-state index is 0. The predicted octanol–water partition coefficient (Wildman–Crippen LogP) is 1.01. The normalized spacial score (nSPS) is 10.1. The SMILES string of the molecule is COc1cc(CNCc2ccccn2)ccc1OCCc1ccccc1.[Cl-]. The summed E-state index contributed by atoms with van der Waals surface area (Å²) in [5.41, 5.74) is 3.44. The Hall–Kier alpha value is -2.56. The first-order chi connectivity index (χ1) is 12.8. The number of ether oxygens (including phenoxy) is 2. The quantitative estimate of drug-likeness (QED) is 0.599. The number of hydrogen-bond acceptors (Lipinski definition) is 4. The fourth-order valence-corrected chi connectivity index (χ4v) is 2.70. The van der Waals surface area contributed by atoms with Crippen molar-refractivity contribution in [2.75, 3.05) is 13.7 Å². The highest BCUT2D eigenvalue weighted by Gasteiger charge is 2.06. The van der Waals surface area contributed by atoms with Crippen molar-refractivity contribution in [1.29, 1.82) is 0 Å². The molecule has 0 radical (unpaired) electrons. The fourth-order valence-electron chi connectivity index (χ4n) is 2.70. The van der Waals surface area contributed by atoms with Gasteiger partial charge in [0.2, 0.25) is 0 Å². The zero-order valence-corrected chi connectivity index (χ0v) is 16.2. The van der Waals surface area contributed by atoms with Crippen molar-refractivity contribution in [1.82, 2.24) is 10.3 Å². The van der Waals surface area contributed by atoms with Crippen molar-refractivity contribution < 1.29 is 21.9 Å². The molecule has 0 spiro atoms. The standard InChI is InChI=1S/C22H24N2O2.ClH/c1-25-22-15-19(16-23-17-20-9-5-6-13-24-20)10-11-21(22)26-14-12-18-7-3-2-4-8-18;/h2-11,13,15,23H,12,14,16-17H2,1H3;1H/p-1. The van der Waals surface area contributed by atoms with Crippen molar-refractivity contribution in [2.45, 2.75) is 19.5 Å². The number of halogens is 1. The third kappa shape index (κ3) is 6.59. The molecule has 0 atom stereocenters. The molecule has 0 bridgehead atoms. The molecule has 0 saturated heterocycles. The lowest BCUT2D eigenvalue weighted by Gasteiger charge is -2.13. The van der Waals surface area contributed by atoms with E-state index in [1.807, 2.05) is 54.7 Å². The summed E-state index contributed by atoms with van der Waals surface area (Å²) in [5.74, 6) is 1.53. The van der Waals surface area contributed by atoms with E-state index in [1.54, 1.807) is 7.11 Å². The van der Waals surface area contributed by atoms with Crippen LogP contribution >= 0.6 is 0 Å². The van der Waals surface area contributed by atoms with E-state index in [0.29, 0.717) is 6.61 Å². The van der Waals surface area contributed by atoms with E-state index in [-0.39, 0.29) is 12.4 Å². The lowest BCUT2D eigenvalue weighted by atomic mass is 10.1. The molecular weight excluding hydrogens is 360 g/mol. The Morgan fingerprint density at radius 3 is 2.41 bits per heavy atom. The van der Waals surface area contributed by atoms with Crippen molar-refractivity contribution in [3.63, 3.8) is 0 Å². The Kier molecular flexibility index (Phi) is 8.62. The van der Waals surface area contributed by atoms with Crippen molar-refractivity contribution in [2.24, 2.45) is 0 Å². The topological polar surface area (TPSA) is 43.4 Å². The van der Waals surface area contributed by atoms with Gasteiger partial charge in [-0.25, -0.2) is 0 Å². The Labute approximate surface area is 167 Å². The molecule has 0 aliphatic rings. The minimum atomic E-state index is 0. The summed E-state index contributed by atoms with van der Waals surface area (Å²) in [5, 5.41) is 3.39. The van der Waals surface area contributed by atoms with Crippen molar-refractivity contribution in [3.8, 4) is 11.5 Å². The van der Waals surface area contributed by atoms with Gasteiger partial charge in [-0.3, -0.25) is 4.98 Å². The lowest BCUT2D eigenvalue weighted by Crippen LogP contribution is -3.00. The third-order valence-corrected chi connectivity index (χ3v) is 4.08. The van der Waals surface area contributed by atoms with E-state index in [2.05, 4.69) is 28.5 Å². The first-order valence-corrected chi connectivity index (χ1v) is 8.79. The van der Waals surface area contributed by atoms with Crippen LogP contribution in [0.1, 0.15) is 16.8 Å². The molecule has 0 unspecified atom stereocenters. The summed E-state index contributed by atoms with van der Waals surface area (Å²) >= 11 is 0. The summed E-state index contributed by atoms with van der Waals surface area (Å²) in [6.45, 7) is 2.10.